The SMILES string of the molecule is CN(C)C(C)(C)C(N)Cc1cc(Cl)ccc1Cl. The predicted molar refractivity (Wildman–Crippen MR) is 75.9 cm³/mol. The van der Waals surface area contributed by atoms with Crippen molar-refractivity contribution in [3.05, 3.63) is 33.8 Å². The van der Waals surface area contributed by atoms with Crippen molar-refractivity contribution in [1.29, 1.82) is 0 Å². The van der Waals surface area contributed by atoms with Gasteiger partial charge in [0.15, 0.2) is 0 Å². The zero-order chi connectivity index (χ0) is 13.2. The van der Waals surface area contributed by atoms with Crippen LogP contribution in [0.2, 0.25) is 10.0 Å². The third kappa shape index (κ3) is 3.59. The third-order valence-corrected chi connectivity index (χ3v) is 4.11. The van der Waals surface area contributed by atoms with Crippen molar-refractivity contribution in [2.45, 2.75) is 31.8 Å². The third-order valence-electron chi connectivity index (χ3n) is 3.51. The van der Waals surface area contributed by atoms with E-state index in [4.69, 9.17) is 28.9 Å². The average Bonchev–Trinajstić information content (AvgIpc) is 2.23. The molecule has 0 radical (unpaired) electrons. The van der Waals surface area contributed by atoms with Crippen LogP contribution >= 0.6 is 23.2 Å². The lowest BCUT2D eigenvalue weighted by Crippen LogP contribution is -2.54. The van der Waals surface area contributed by atoms with Gasteiger partial charge >= 0.3 is 0 Å². The largest absolute Gasteiger partial charge is 0.326 e. The number of benzene rings is 1. The highest BCUT2D eigenvalue weighted by Crippen LogP contribution is 2.25. The van der Waals surface area contributed by atoms with Gasteiger partial charge in [-0.05, 0) is 58.1 Å². The van der Waals surface area contributed by atoms with Gasteiger partial charge in [0, 0.05) is 21.6 Å². The summed E-state index contributed by atoms with van der Waals surface area (Å²) in [5.41, 5.74) is 7.17. The molecule has 0 saturated heterocycles. The van der Waals surface area contributed by atoms with Gasteiger partial charge in [-0.3, -0.25) is 0 Å². The summed E-state index contributed by atoms with van der Waals surface area (Å²) in [6.45, 7) is 4.24. The molecule has 1 unspecified atom stereocenters. The lowest BCUT2D eigenvalue weighted by molar-refractivity contribution is 0.158. The van der Waals surface area contributed by atoms with E-state index in [-0.39, 0.29) is 11.6 Å². The summed E-state index contributed by atoms with van der Waals surface area (Å²) < 4.78 is 0. The van der Waals surface area contributed by atoms with Gasteiger partial charge in [-0.15, -0.1) is 0 Å². The fourth-order valence-corrected chi connectivity index (χ4v) is 1.91. The normalized spacial score (nSPS) is 14.1. The van der Waals surface area contributed by atoms with Crippen molar-refractivity contribution in [3.63, 3.8) is 0 Å². The van der Waals surface area contributed by atoms with Crippen molar-refractivity contribution in [2.75, 3.05) is 14.1 Å². The number of halogens is 2. The van der Waals surface area contributed by atoms with Crippen LogP contribution in [0.1, 0.15) is 19.4 Å². The molecule has 0 fully saturated rings. The molecular weight excluding hydrogens is 255 g/mol. The number of hydrogen-bond acceptors (Lipinski definition) is 2. The summed E-state index contributed by atoms with van der Waals surface area (Å²) in [6, 6.07) is 5.48. The Morgan fingerprint density at radius 2 is 1.88 bits per heavy atom. The standard InChI is InChI=1S/C13H20Cl2N2/c1-13(2,17(3)4)12(16)8-9-7-10(14)5-6-11(9)15/h5-7,12H,8,16H2,1-4H3. The molecule has 0 aliphatic rings. The molecule has 2 nitrogen and oxygen atoms in total. The first-order chi connectivity index (χ1) is 7.75. The summed E-state index contributed by atoms with van der Waals surface area (Å²) in [4.78, 5) is 2.12. The zero-order valence-corrected chi connectivity index (χ0v) is 12.3. The van der Waals surface area contributed by atoms with Crippen LogP contribution in [-0.4, -0.2) is 30.6 Å². The summed E-state index contributed by atoms with van der Waals surface area (Å²) >= 11 is 12.1. The second kappa shape index (κ2) is 5.57. The molecule has 0 heterocycles. The Hall–Kier alpha value is -0.280. The molecule has 96 valence electrons. The highest BCUT2D eigenvalue weighted by Gasteiger charge is 2.29. The molecule has 1 rings (SSSR count). The van der Waals surface area contributed by atoms with Gasteiger partial charge in [0.2, 0.25) is 0 Å². The van der Waals surface area contributed by atoms with Gasteiger partial charge in [-0.25, -0.2) is 0 Å². The molecule has 0 amide bonds. The van der Waals surface area contributed by atoms with Crippen LogP contribution in [-0.2, 0) is 6.42 Å². The van der Waals surface area contributed by atoms with E-state index in [2.05, 4.69) is 18.7 Å². The maximum atomic E-state index is 6.26. The van der Waals surface area contributed by atoms with Crippen LogP contribution < -0.4 is 5.73 Å². The molecule has 17 heavy (non-hydrogen) atoms. The van der Waals surface area contributed by atoms with E-state index >= 15 is 0 Å². The number of nitrogens with two attached hydrogens (primary N) is 1. The molecule has 1 aromatic rings. The zero-order valence-electron chi connectivity index (χ0n) is 10.8. The van der Waals surface area contributed by atoms with Crippen LogP contribution in [0.4, 0.5) is 0 Å². The first kappa shape index (κ1) is 14.8. The second-order valence-corrected chi connectivity index (χ2v) is 5.94. The molecule has 0 spiro atoms. The molecular formula is C13H20Cl2N2. The fraction of sp³-hybridized carbons (Fsp3) is 0.538. The quantitative estimate of drug-likeness (QED) is 0.914. The first-order valence-corrected chi connectivity index (χ1v) is 6.37. The van der Waals surface area contributed by atoms with Crippen molar-refractivity contribution in [2.24, 2.45) is 5.73 Å². The molecule has 0 bridgehead atoms. The van der Waals surface area contributed by atoms with E-state index in [1.807, 2.05) is 26.2 Å². The van der Waals surface area contributed by atoms with E-state index < -0.39 is 0 Å². The lowest BCUT2D eigenvalue weighted by Gasteiger charge is -2.38. The van der Waals surface area contributed by atoms with Gasteiger partial charge in [-0.1, -0.05) is 23.2 Å². The highest BCUT2D eigenvalue weighted by atomic mass is 35.5. The number of nitrogens with zero attached hydrogens (tertiary/aromatic N) is 1. The van der Waals surface area contributed by atoms with E-state index in [0.717, 1.165) is 10.6 Å². The Morgan fingerprint density at radius 3 is 2.41 bits per heavy atom. The van der Waals surface area contributed by atoms with Crippen molar-refractivity contribution in [3.8, 4) is 0 Å². The van der Waals surface area contributed by atoms with Crippen LogP contribution in [0.25, 0.3) is 0 Å². The van der Waals surface area contributed by atoms with Gasteiger partial charge in [0.05, 0.1) is 0 Å². The second-order valence-electron chi connectivity index (χ2n) is 5.09. The van der Waals surface area contributed by atoms with E-state index in [1.165, 1.54) is 0 Å². The van der Waals surface area contributed by atoms with Crippen LogP contribution in [0.3, 0.4) is 0 Å². The monoisotopic (exact) mass is 274 g/mol. The Kier molecular flexibility index (Phi) is 4.85. The molecule has 0 aliphatic heterocycles. The molecule has 0 aromatic heterocycles. The van der Waals surface area contributed by atoms with Crippen LogP contribution in [0, 0.1) is 0 Å². The summed E-state index contributed by atoms with van der Waals surface area (Å²) in [7, 11) is 4.05. The van der Waals surface area contributed by atoms with E-state index in [1.54, 1.807) is 6.07 Å². The average molecular weight is 275 g/mol. The van der Waals surface area contributed by atoms with Gasteiger partial charge < -0.3 is 10.6 Å². The maximum absolute atomic E-state index is 6.26. The maximum Gasteiger partial charge on any atom is 0.0439 e. The summed E-state index contributed by atoms with van der Waals surface area (Å²) in [6.07, 6.45) is 0.713. The van der Waals surface area contributed by atoms with E-state index in [9.17, 15) is 0 Å². The minimum Gasteiger partial charge on any atom is -0.326 e. The van der Waals surface area contributed by atoms with Crippen molar-refractivity contribution in [1.82, 2.24) is 4.90 Å². The molecule has 2 N–H and O–H groups in total. The lowest BCUT2D eigenvalue weighted by atomic mass is 9.89. The summed E-state index contributed by atoms with van der Waals surface area (Å²) in [5.74, 6) is 0. The van der Waals surface area contributed by atoms with E-state index in [0.29, 0.717) is 11.4 Å². The molecule has 1 aromatic carbocycles. The number of rotatable bonds is 4. The smallest absolute Gasteiger partial charge is 0.0439 e. The Morgan fingerprint density at radius 1 is 1.29 bits per heavy atom. The highest BCUT2D eigenvalue weighted by molar-refractivity contribution is 6.33. The number of hydrogen-bond donors (Lipinski definition) is 1. The number of likely N-dealkylation sites (N-methyl/N-ethyl adjacent to an activating group) is 1. The van der Waals surface area contributed by atoms with Crippen LogP contribution in [0.5, 0.6) is 0 Å². The van der Waals surface area contributed by atoms with Crippen molar-refractivity contribution < 1.29 is 0 Å². The minimum atomic E-state index is -0.0916. The van der Waals surface area contributed by atoms with Gasteiger partial charge in [0.1, 0.15) is 0 Å². The first-order valence-electron chi connectivity index (χ1n) is 5.62. The molecule has 4 heteroatoms. The minimum absolute atomic E-state index is 0.00605. The molecule has 1 atom stereocenters. The summed E-state index contributed by atoms with van der Waals surface area (Å²) in [5, 5.41) is 1.42. The Labute approximate surface area is 114 Å². The Bertz CT molecular complexity index is 389. The van der Waals surface area contributed by atoms with Crippen molar-refractivity contribution >= 4 is 23.2 Å². The van der Waals surface area contributed by atoms with Gasteiger partial charge in [0.25, 0.3) is 0 Å². The predicted octanol–water partition coefficient (Wildman–Crippen LogP) is 3.20. The topological polar surface area (TPSA) is 29.3 Å². The Balaban J connectivity index is 2.88. The molecule has 0 saturated carbocycles. The van der Waals surface area contributed by atoms with Crippen LogP contribution in [0.15, 0.2) is 18.2 Å². The van der Waals surface area contributed by atoms with Gasteiger partial charge in [-0.2, -0.15) is 0 Å². The fourth-order valence-electron chi connectivity index (χ4n) is 1.52. The molecule has 0 aliphatic carbocycles.